The normalized spacial score (nSPS) is 11.3. The standard InChI is InChI=1S/C14H22O2/c1-14(2,3)9-8-11-6-7-12(15-4)10-13(11)16-5/h6-7,10H,8-9H2,1-5H3. The number of hydrogen-bond acceptors (Lipinski definition) is 2. The third-order valence-corrected chi connectivity index (χ3v) is 2.64. The lowest BCUT2D eigenvalue weighted by atomic mass is 9.88. The van der Waals surface area contributed by atoms with Gasteiger partial charge in [0.1, 0.15) is 11.5 Å². The second-order valence-electron chi connectivity index (χ2n) is 5.24. The molecule has 0 amide bonds. The molecular weight excluding hydrogens is 200 g/mol. The minimum Gasteiger partial charge on any atom is -0.497 e. The van der Waals surface area contributed by atoms with Crippen LogP contribution < -0.4 is 9.47 Å². The van der Waals surface area contributed by atoms with E-state index >= 15 is 0 Å². The van der Waals surface area contributed by atoms with Gasteiger partial charge in [0, 0.05) is 6.07 Å². The summed E-state index contributed by atoms with van der Waals surface area (Å²) in [6.45, 7) is 6.76. The first-order chi connectivity index (χ1) is 7.46. The van der Waals surface area contributed by atoms with Gasteiger partial charge in [0.15, 0.2) is 0 Å². The molecule has 2 nitrogen and oxygen atoms in total. The number of ether oxygens (including phenoxy) is 2. The van der Waals surface area contributed by atoms with E-state index in [-0.39, 0.29) is 0 Å². The number of hydrogen-bond donors (Lipinski definition) is 0. The van der Waals surface area contributed by atoms with Crippen LogP contribution in [0.25, 0.3) is 0 Å². The van der Waals surface area contributed by atoms with Crippen molar-refractivity contribution in [2.24, 2.45) is 5.41 Å². The van der Waals surface area contributed by atoms with Crippen LogP contribution in [0.5, 0.6) is 11.5 Å². The van der Waals surface area contributed by atoms with Crippen molar-refractivity contribution < 1.29 is 9.47 Å². The molecule has 0 saturated heterocycles. The summed E-state index contributed by atoms with van der Waals surface area (Å²) in [5.41, 5.74) is 1.60. The Hall–Kier alpha value is -1.18. The van der Waals surface area contributed by atoms with Crippen LogP contribution in [0.4, 0.5) is 0 Å². The molecule has 16 heavy (non-hydrogen) atoms. The Morgan fingerprint density at radius 2 is 1.75 bits per heavy atom. The lowest BCUT2D eigenvalue weighted by Gasteiger charge is -2.19. The summed E-state index contributed by atoms with van der Waals surface area (Å²) in [5, 5.41) is 0. The fourth-order valence-electron chi connectivity index (χ4n) is 1.57. The second-order valence-corrected chi connectivity index (χ2v) is 5.24. The van der Waals surface area contributed by atoms with Crippen LogP contribution in [0.2, 0.25) is 0 Å². The first kappa shape index (κ1) is 12.9. The number of methoxy groups -OCH3 is 2. The highest BCUT2D eigenvalue weighted by molar-refractivity contribution is 5.40. The average molecular weight is 222 g/mol. The molecule has 0 unspecified atom stereocenters. The van der Waals surface area contributed by atoms with Crippen molar-refractivity contribution in [3.63, 3.8) is 0 Å². The molecule has 0 bridgehead atoms. The lowest BCUT2D eigenvalue weighted by molar-refractivity contribution is 0.366. The van der Waals surface area contributed by atoms with Gasteiger partial charge in [-0.15, -0.1) is 0 Å². The van der Waals surface area contributed by atoms with Gasteiger partial charge in [-0.05, 0) is 29.9 Å². The molecule has 0 aliphatic rings. The van der Waals surface area contributed by atoms with Crippen molar-refractivity contribution in [3.8, 4) is 11.5 Å². The summed E-state index contributed by atoms with van der Waals surface area (Å²) in [6.07, 6.45) is 2.19. The molecule has 0 aliphatic carbocycles. The molecule has 2 heteroatoms. The minimum absolute atomic E-state index is 0.352. The van der Waals surface area contributed by atoms with Crippen LogP contribution in [-0.2, 0) is 6.42 Å². The summed E-state index contributed by atoms with van der Waals surface area (Å²) in [4.78, 5) is 0. The Kier molecular flexibility index (Phi) is 4.22. The van der Waals surface area contributed by atoms with Crippen molar-refractivity contribution in [3.05, 3.63) is 23.8 Å². The zero-order valence-electron chi connectivity index (χ0n) is 11.0. The maximum atomic E-state index is 5.37. The first-order valence-electron chi connectivity index (χ1n) is 5.67. The van der Waals surface area contributed by atoms with Crippen LogP contribution in [-0.4, -0.2) is 14.2 Å². The molecule has 0 aliphatic heterocycles. The van der Waals surface area contributed by atoms with Crippen LogP contribution in [0, 0.1) is 5.41 Å². The summed E-state index contributed by atoms with van der Waals surface area (Å²) in [5.74, 6) is 1.76. The molecule has 1 rings (SSSR count). The zero-order chi connectivity index (χ0) is 12.2. The first-order valence-corrected chi connectivity index (χ1v) is 5.67. The summed E-state index contributed by atoms with van der Waals surface area (Å²) in [7, 11) is 3.37. The van der Waals surface area contributed by atoms with Crippen molar-refractivity contribution >= 4 is 0 Å². The smallest absolute Gasteiger partial charge is 0.125 e. The highest BCUT2D eigenvalue weighted by Gasteiger charge is 2.12. The van der Waals surface area contributed by atoms with Crippen LogP contribution >= 0.6 is 0 Å². The van der Waals surface area contributed by atoms with E-state index in [0.717, 1.165) is 24.3 Å². The van der Waals surface area contributed by atoms with Gasteiger partial charge in [-0.25, -0.2) is 0 Å². The fraction of sp³-hybridized carbons (Fsp3) is 0.571. The molecule has 0 fully saturated rings. The predicted octanol–water partition coefficient (Wildman–Crippen LogP) is 3.68. The van der Waals surface area contributed by atoms with Crippen molar-refractivity contribution in [2.45, 2.75) is 33.6 Å². The van der Waals surface area contributed by atoms with E-state index in [0.29, 0.717) is 5.41 Å². The second kappa shape index (κ2) is 5.24. The van der Waals surface area contributed by atoms with E-state index in [1.54, 1.807) is 14.2 Å². The quantitative estimate of drug-likeness (QED) is 0.773. The molecule has 0 spiro atoms. The third-order valence-electron chi connectivity index (χ3n) is 2.64. The van der Waals surface area contributed by atoms with Gasteiger partial charge in [-0.3, -0.25) is 0 Å². The fourth-order valence-corrected chi connectivity index (χ4v) is 1.57. The van der Waals surface area contributed by atoms with E-state index in [9.17, 15) is 0 Å². The van der Waals surface area contributed by atoms with E-state index in [1.165, 1.54) is 5.56 Å². The Bertz CT molecular complexity index is 337. The number of benzene rings is 1. The Morgan fingerprint density at radius 3 is 2.25 bits per heavy atom. The molecular formula is C14H22O2. The molecule has 0 heterocycles. The Balaban J connectivity index is 2.79. The van der Waals surface area contributed by atoms with Gasteiger partial charge in [-0.2, -0.15) is 0 Å². The molecule has 1 aromatic rings. The summed E-state index contributed by atoms with van der Waals surface area (Å²) >= 11 is 0. The van der Waals surface area contributed by atoms with Gasteiger partial charge in [0.25, 0.3) is 0 Å². The largest absolute Gasteiger partial charge is 0.497 e. The monoisotopic (exact) mass is 222 g/mol. The molecule has 0 radical (unpaired) electrons. The van der Waals surface area contributed by atoms with Crippen molar-refractivity contribution in [2.75, 3.05) is 14.2 Å². The van der Waals surface area contributed by atoms with E-state index in [2.05, 4.69) is 26.8 Å². The van der Waals surface area contributed by atoms with Crippen LogP contribution in [0.1, 0.15) is 32.8 Å². The van der Waals surface area contributed by atoms with E-state index in [4.69, 9.17) is 9.47 Å². The number of rotatable bonds is 4. The highest BCUT2D eigenvalue weighted by Crippen LogP contribution is 2.29. The van der Waals surface area contributed by atoms with Gasteiger partial charge in [0.05, 0.1) is 14.2 Å². The maximum Gasteiger partial charge on any atom is 0.125 e. The molecule has 0 N–H and O–H groups in total. The predicted molar refractivity (Wildman–Crippen MR) is 67.3 cm³/mol. The SMILES string of the molecule is COc1ccc(CCC(C)(C)C)c(OC)c1. The molecule has 0 saturated carbocycles. The maximum absolute atomic E-state index is 5.37. The zero-order valence-corrected chi connectivity index (χ0v) is 11.0. The lowest BCUT2D eigenvalue weighted by Crippen LogP contribution is -2.07. The minimum atomic E-state index is 0.352. The summed E-state index contributed by atoms with van der Waals surface area (Å²) in [6, 6.07) is 6.02. The molecule has 1 aromatic carbocycles. The van der Waals surface area contributed by atoms with Gasteiger partial charge < -0.3 is 9.47 Å². The van der Waals surface area contributed by atoms with Gasteiger partial charge in [-0.1, -0.05) is 26.8 Å². The molecule has 90 valence electrons. The van der Waals surface area contributed by atoms with Crippen LogP contribution in [0.3, 0.4) is 0 Å². The topological polar surface area (TPSA) is 18.5 Å². The van der Waals surface area contributed by atoms with Crippen LogP contribution in [0.15, 0.2) is 18.2 Å². The van der Waals surface area contributed by atoms with Crippen molar-refractivity contribution in [1.29, 1.82) is 0 Å². The third kappa shape index (κ3) is 3.76. The highest BCUT2D eigenvalue weighted by atomic mass is 16.5. The Morgan fingerprint density at radius 1 is 1.06 bits per heavy atom. The Labute approximate surface area is 98.6 Å². The molecule has 0 atom stereocenters. The van der Waals surface area contributed by atoms with Crippen molar-refractivity contribution in [1.82, 2.24) is 0 Å². The number of aryl methyl sites for hydroxylation is 1. The molecule has 0 aromatic heterocycles. The van der Waals surface area contributed by atoms with E-state index < -0.39 is 0 Å². The van der Waals surface area contributed by atoms with E-state index in [1.807, 2.05) is 12.1 Å². The average Bonchev–Trinajstić information content (AvgIpc) is 2.25. The summed E-state index contributed by atoms with van der Waals surface area (Å²) < 4.78 is 10.6. The van der Waals surface area contributed by atoms with Gasteiger partial charge in [0.2, 0.25) is 0 Å². The van der Waals surface area contributed by atoms with Gasteiger partial charge >= 0.3 is 0 Å².